The minimum absolute atomic E-state index is 0.637. The molecule has 0 aliphatic rings. The fourth-order valence-electron chi connectivity index (χ4n) is 9.00. The molecule has 3 nitrogen and oxygen atoms in total. The summed E-state index contributed by atoms with van der Waals surface area (Å²) < 4.78 is 2.44. The molecule has 0 saturated carbocycles. The maximum Gasteiger partial charge on any atom is 0.164 e. The molecule has 10 aromatic carbocycles. The van der Waals surface area contributed by atoms with Gasteiger partial charge in [0.25, 0.3) is 0 Å². The SMILES string of the molecule is c1ccc(-c2ccc(-c3nc(-c4ccc5c6ccccc6c6ccccc6c5c4)nc(-c4cccc5sc6c(-c7cccc(-c8ccccc8)c7)cccc6c45)n3)cc2)cc1. The van der Waals surface area contributed by atoms with Crippen molar-refractivity contribution < 1.29 is 0 Å². The molecule has 61 heavy (non-hydrogen) atoms. The zero-order valence-electron chi connectivity index (χ0n) is 33.0. The van der Waals surface area contributed by atoms with E-state index in [9.17, 15) is 0 Å². The number of benzene rings is 10. The highest BCUT2D eigenvalue weighted by Gasteiger charge is 2.20. The molecule has 0 fully saturated rings. The average molecular weight is 794 g/mol. The third-order valence-corrected chi connectivity index (χ3v) is 13.1. The predicted molar refractivity (Wildman–Crippen MR) is 258 cm³/mol. The lowest BCUT2D eigenvalue weighted by molar-refractivity contribution is 1.08. The summed E-state index contributed by atoms with van der Waals surface area (Å²) in [6, 6.07) is 75.7. The van der Waals surface area contributed by atoms with Gasteiger partial charge in [-0.1, -0.05) is 194 Å². The highest BCUT2D eigenvalue weighted by Crippen LogP contribution is 2.44. The van der Waals surface area contributed by atoms with Gasteiger partial charge in [-0.3, -0.25) is 0 Å². The fourth-order valence-corrected chi connectivity index (χ4v) is 10.3. The molecule has 0 aliphatic carbocycles. The van der Waals surface area contributed by atoms with Crippen molar-refractivity contribution in [1.82, 2.24) is 15.0 Å². The molecule has 0 radical (unpaired) electrons. The lowest BCUT2D eigenvalue weighted by Gasteiger charge is -2.13. The van der Waals surface area contributed by atoms with Crippen LogP contribution in [0.4, 0.5) is 0 Å². The van der Waals surface area contributed by atoms with Gasteiger partial charge in [-0.2, -0.15) is 0 Å². The molecule has 0 bridgehead atoms. The Hall–Kier alpha value is -7.79. The molecule has 0 atom stereocenters. The molecule has 0 amide bonds. The van der Waals surface area contributed by atoms with Gasteiger partial charge in [-0.25, -0.2) is 15.0 Å². The van der Waals surface area contributed by atoms with Crippen molar-refractivity contribution in [2.75, 3.05) is 0 Å². The maximum absolute atomic E-state index is 5.36. The zero-order chi connectivity index (χ0) is 40.3. The fraction of sp³-hybridized carbons (Fsp3) is 0. The molecule has 0 unspecified atom stereocenters. The van der Waals surface area contributed by atoms with Crippen LogP contribution in [0.3, 0.4) is 0 Å². The van der Waals surface area contributed by atoms with E-state index in [2.05, 4.69) is 206 Å². The van der Waals surface area contributed by atoms with E-state index in [-0.39, 0.29) is 0 Å². The van der Waals surface area contributed by atoms with Crippen LogP contribution < -0.4 is 0 Å². The zero-order valence-corrected chi connectivity index (χ0v) is 33.8. The number of fused-ring (bicyclic) bond motifs is 9. The van der Waals surface area contributed by atoms with Gasteiger partial charge >= 0.3 is 0 Å². The highest BCUT2D eigenvalue weighted by atomic mass is 32.1. The highest BCUT2D eigenvalue weighted by molar-refractivity contribution is 7.26. The number of aromatic nitrogens is 3. The van der Waals surface area contributed by atoms with Crippen LogP contribution in [0, 0.1) is 0 Å². The van der Waals surface area contributed by atoms with Crippen molar-refractivity contribution in [2.24, 2.45) is 0 Å². The van der Waals surface area contributed by atoms with Gasteiger partial charge in [0.2, 0.25) is 0 Å². The third-order valence-electron chi connectivity index (χ3n) is 11.9. The summed E-state index contributed by atoms with van der Waals surface area (Å²) in [5.74, 6) is 1.93. The van der Waals surface area contributed by atoms with Crippen LogP contribution in [-0.2, 0) is 0 Å². The summed E-state index contributed by atoms with van der Waals surface area (Å²) in [7, 11) is 0. The van der Waals surface area contributed by atoms with Gasteiger partial charge < -0.3 is 0 Å². The molecule has 284 valence electrons. The molecular formula is C57H35N3S. The van der Waals surface area contributed by atoms with Gasteiger partial charge in [0.1, 0.15) is 0 Å². The van der Waals surface area contributed by atoms with Crippen LogP contribution in [0.25, 0.3) is 120 Å². The van der Waals surface area contributed by atoms with Crippen molar-refractivity contribution >= 4 is 63.8 Å². The normalized spacial score (nSPS) is 11.6. The van der Waals surface area contributed by atoms with Crippen LogP contribution in [0.5, 0.6) is 0 Å². The first-order valence-electron chi connectivity index (χ1n) is 20.6. The number of hydrogen-bond donors (Lipinski definition) is 0. The van der Waals surface area contributed by atoms with E-state index < -0.39 is 0 Å². The second-order valence-corrected chi connectivity index (χ2v) is 16.6. The molecule has 2 aromatic heterocycles. The Bertz CT molecular complexity index is 3600. The Morgan fingerprint density at radius 1 is 0.262 bits per heavy atom. The van der Waals surface area contributed by atoms with E-state index in [1.807, 2.05) is 17.4 Å². The van der Waals surface area contributed by atoms with E-state index in [1.54, 1.807) is 0 Å². The smallest absolute Gasteiger partial charge is 0.164 e. The van der Waals surface area contributed by atoms with Crippen LogP contribution in [-0.4, -0.2) is 15.0 Å². The molecule has 0 saturated heterocycles. The van der Waals surface area contributed by atoms with Gasteiger partial charge in [-0.15, -0.1) is 11.3 Å². The first-order valence-corrected chi connectivity index (χ1v) is 21.4. The largest absolute Gasteiger partial charge is 0.208 e. The van der Waals surface area contributed by atoms with Gasteiger partial charge in [0.05, 0.1) is 0 Å². The van der Waals surface area contributed by atoms with E-state index in [0.29, 0.717) is 17.5 Å². The lowest BCUT2D eigenvalue weighted by atomic mass is 9.93. The monoisotopic (exact) mass is 793 g/mol. The minimum atomic E-state index is 0.637. The molecule has 0 N–H and O–H groups in total. The molecular weight excluding hydrogens is 759 g/mol. The Labute approximate surface area is 356 Å². The van der Waals surface area contributed by atoms with Crippen LogP contribution in [0.1, 0.15) is 0 Å². The van der Waals surface area contributed by atoms with Gasteiger partial charge in [0, 0.05) is 36.9 Å². The predicted octanol–water partition coefficient (Wildman–Crippen LogP) is 15.7. The third kappa shape index (κ3) is 6.07. The number of nitrogens with zero attached hydrogens (tertiary/aromatic N) is 3. The summed E-state index contributed by atoms with van der Waals surface area (Å²) in [5.41, 5.74) is 10.0. The molecule has 0 spiro atoms. The summed E-state index contributed by atoms with van der Waals surface area (Å²) in [4.78, 5) is 15.9. The van der Waals surface area contributed by atoms with Crippen molar-refractivity contribution in [3.63, 3.8) is 0 Å². The second kappa shape index (κ2) is 14.5. The second-order valence-electron chi connectivity index (χ2n) is 15.5. The van der Waals surface area contributed by atoms with Crippen LogP contribution >= 0.6 is 11.3 Å². The molecule has 2 heterocycles. The Morgan fingerprint density at radius 2 is 0.721 bits per heavy atom. The Kier molecular flexibility index (Phi) is 8.36. The van der Waals surface area contributed by atoms with E-state index in [0.717, 1.165) is 27.6 Å². The maximum atomic E-state index is 5.36. The van der Waals surface area contributed by atoms with E-state index in [4.69, 9.17) is 15.0 Å². The summed E-state index contributed by atoms with van der Waals surface area (Å²) in [6.07, 6.45) is 0. The van der Waals surface area contributed by atoms with Crippen molar-refractivity contribution in [1.29, 1.82) is 0 Å². The molecule has 0 aliphatic heterocycles. The number of rotatable bonds is 6. The van der Waals surface area contributed by atoms with Crippen LogP contribution in [0.15, 0.2) is 212 Å². The Morgan fingerprint density at radius 3 is 1.43 bits per heavy atom. The lowest BCUT2D eigenvalue weighted by Crippen LogP contribution is -2.00. The van der Waals surface area contributed by atoms with Crippen LogP contribution in [0.2, 0.25) is 0 Å². The van der Waals surface area contributed by atoms with Crippen molar-refractivity contribution in [3.8, 4) is 67.5 Å². The molecule has 12 aromatic rings. The van der Waals surface area contributed by atoms with Gasteiger partial charge in [-0.05, 0) is 83.9 Å². The summed E-state index contributed by atoms with van der Waals surface area (Å²) >= 11 is 1.83. The van der Waals surface area contributed by atoms with E-state index in [1.165, 1.54) is 74.9 Å². The summed E-state index contributed by atoms with van der Waals surface area (Å²) in [5, 5.41) is 9.68. The van der Waals surface area contributed by atoms with Crippen molar-refractivity contribution in [2.45, 2.75) is 0 Å². The first kappa shape index (κ1) is 35.2. The average Bonchev–Trinajstić information content (AvgIpc) is 3.74. The molecule has 4 heteroatoms. The topological polar surface area (TPSA) is 38.7 Å². The Balaban J connectivity index is 1.06. The number of thiophene rings is 1. The van der Waals surface area contributed by atoms with Gasteiger partial charge in [0.15, 0.2) is 17.5 Å². The minimum Gasteiger partial charge on any atom is -0.208 e. The quantitative estimate of drug-likeness (QED) is 0.157. The first-order chi connectivity index (χ1) is 30.2. The van der Waals surface area contributed by atoms with Crippen molar-refractivity contribution in [3.05, 3.63) is 212 Å². The standard InChI is InChI=1S/C57H35N3S/c1-3-14-36(15-4-1)38-28-30-39(31-29-38)55-58-56(42-32-33-48-46-22-8-7-20-44(46)45-21-9-10-23-47(45)51(48)35-42)60-57(59-55)50-26-13-27-52-53(50)49-25-12-24-43(54(49)61-52)41-19-11-18-40(34-41)37-16-5-2-6-17-37/h1-35H. The molecule has 12 rings (SSSR count). The summed E-state index contributed by atoms with van der Waals surface area (Å²) in [6.45, 7) is 0. The number of hydrogen-bond acceptors (Lipinski definition) is 4. The van der Waals surface area contributed by atoms with E-state index >= 15 is 0 Å².